The molecule has 0 spiro atoms. The predicted molar refractivity (Wildman–Crippen MR) is 81.8 cm³/mol. The Bertz CT molecular complexity index is 489. The summed E-state index contributed by atoms with van der Waals surface area (Å²) in [5.41, 5.74) is 0.766. The van der Waals surface area contributed by atoms with Gasteiger partial charge in [0.15, 0.2) is 5.17 Å². The molecule has 1 aromatic carbocycles. The van der Waals surface area contributed by atoms with Gasteiger partial charge in [0, 0.05) is 10.2 Å². The molecule has 17 heavy (non-hydrogen) atoms. The lowest BCUT2D eigenvalue weighted by molar-refractivity contribution is 0.605. The summed E-state index contributed by atoms with van der Waals surface area (Å²) in [6.45, 7) is 4.20. The lowest BCUT2D eigenvalue weighted by Gasteiger charge is -2.10. The molecule has 1 aliphatic rings. The standard InChI is InChI=1S/C11H11BrCl2N2S/c1-11(2)5-17-10(16-11)15-7-4-3-6(12)8(13)9(7)14/h3-4H,5H2,1-2H3,(H,15,16). The average molecular weight is 354 g/mol. The molecule has 0 amide bonds. The van der Waals surface area contributed by atoms with E-state index in [1.165, 1.54) is 0 Å². The van der Waals surface area contributed by atoms with Crippen molar-refractivity contribution in [2.24, 2.45) is 4.99 Å². The Hall–Kier alpha value is 0.1000. The zero-order valence-corrected chi connectivity index (χ0v) is 13.3. The van der Waals surface area contributed by atoms with Crippen molar-refractivity contribution in [2.45, 2.75) is 19.4 Å². The SMILES string of the molecule is CC1(C)CSC(Nc2ccc(Br)c(Cl)c2Cl)=N1. The molecule has 0 unspecified atom stereocenters. The quantitative estimate of drug-likeness (QED) is 0.714. The maximum Gasteiger partial charge on any atom is 0.161 e. The molecule has 0 fully saturated rings. The van der Waals surface area contributed by atoms with Gasteiger partial charge in [0.2, 0.25) is 0 Å². The number of anilines is 1. The summed E-state index contributed by atoms with van der Waals surface area (Å²) in [7, 11) is 0. The van der Waals surface area contributed by atoms with Crippen LogP contribution in [0.25, 0.3) is 0 Å². The Morgan fingerprint density at radius 3 is 2.65 bits per heavy atom. The largest absolute Gasteiger partial charge is 0.334 e. The lowest BCUT2D eigenvalue weighted by Crippen LogP contribution is -2.15. The maximum atomic E-state index is 6.16. The van der Waals surface area contributed by atoms with Crippen LogP contribution in [-0.4, -0.2) is 16.5 Å². The molecule has 2 nitrogen and oxygen atoms in total. The first-order chi connectivity index (χ1) is 7.89. The monoisotopic (exact) mass is 352 g/mol. The van der Waals surface area contributed by atoms with E-state index in [0.717, 1.165) is 21.1 Å². The molecule has 1 heterocycles. The molecular weight excluding hydrogens is 343 g/mol. The minimum Gasteiger partial charge on any atom is -0.334 e. The number of halogens is 3. The van der Waals surface area contributed by atoms with E-state index >= 15 is 0 Å². The van der Waals surface area contributed by atoms with E-state index in [1.807, 2.05) is 12.1 Å². The van der Waals surface area contributed by atoms with Gasteiger partial charge in [0.05, 0.1) is 21.3 Å². The lowest BCUT2D eigenvalue weighted by atomic mass is 10.1. The molecular formula is C11H11BrCl2N2S. The summed E-state index contributed by atoms with van der Waals surface area (Å²) < 4.78 is 0.788. The van der Waals surface area contributed by atoms with Crippen LogP contribution in [0.2, 0.25) is 10.0 Å². The van der Waals surface area contributed by atoms with Gasteiger partial charge in [-0.3, -0.25) is 4.99 Å². The van der Waals surface area contributed by atoms with E-state index < -0.39 is 0 Å². The van der Waals surface area contributed by atoms with Gasteiger partial charge in [-0.2, -0.15) is 0 Å². The van der Waals surface area contributed by atoms with Gasteiger partial charge in [-0.15, -0.1) is 0 Å². The Balaban J connectivity index is 2.24. The molecule has 0 aliphatic carbocycles. The smallest absolute Gasteiger partial charge is 0.161 e. The zero-order valence-electron chi connectivity index (χ0n) is 9.35. The van der Waals surface area contributed by atoms with Crippen molar-refractivity contribution in [3.8, 4) is 0 Å². The highest BCUT2D eigenvalue weighted by atomic mass is 79.9. The second-order valence-corrected chi connectivity index (χ2v) is 6.94. The predicted octanol–water partition coefficient (Wildman–Crippen LogP) is 5.05. The second kappa shape index (κ2) is 5.00. The fourth-order valence-electron chi connectivity index (χ4n) is 1.39. The normalized spacial score (nSPS) is 18.1. The van der Waals surface area contributed by atoms with E-state index in [-0.39, 0.29) is 5.54 Å². The molecule has 6 heteroatoms. The summed E-state index contributed by atoms with van der Waals surface area (Å²) in [6, 6.07) is 3.74. The Morgan fingerprint density at radius 1 is 1.35 bits per heavy atom. The highest BCUT2D eigenvalue weighted by Gasteiger charge is 2.25. The molecule has 92 valence electrons. The van der Waals surface area contributed by atoms with Gasteiger partial charge in [0.25, 0.3) is 0 Å². The number of benzene rings is 1. The molecule has 0 aromatic heterocycles. The number of hydrogen-bond donors (Lipinski definition) is 1. The van der Waals surface area contributed by atoms with E-state index in [1.54, 1.807) is 11.8 Å². The van der Waals surface area contributed by atoms with Crippen molar-refractivity contribution in [3.05, 3.63) is 26.7 Å². The highest BCUT2D eigenvalue weighted by Crippen LogP contribution is 2.37. The van der Waals surface area contributed by atoms with Crippen LogP contribution in [0, 0.1) is 0 Å². The molecule has 1 aliphatic heterocycles. The second-order valence-electron chi connectivity index (χ2n) is 4.37. The number of hydrogen-bond acceptors (Lipinski definition) is 3. The van der Waals surface area contributed by atoms with Crippen molar-refractivity contribution in [1.82, 2.24) is 0 Å². The van der Waals surface area contributed by atoms with E-state index in [0.29, 0.717) is 10.0 Å². The average Bonchev–Trinajstić information content (AvgIpc) is 2.59. The van der Waals surface area contributed by atoms with Crippen LogP contribution in [0.1, 0.15) is 13.8 Å². The van der Waals surface area contributed by atoms with Gasteiger partial charge in [-0.1, -0.05) is 35.0 Å². The third kappa shape index (κ3) is 3.11. The highest BCUT2D eigenvalue weighted by molar-refractivity contribution is 9.10. The minimum atomic E-state index is -0.0152. The molecule has 0 saturated heterocycles. The molecule has 1 N–H and O–H groups in total. The van der Waals surface area contributed by atoms with Crippen LogP contribution in [0.4, 0.5) is 5.69 Å². The Morgan fingerprint density at radius 2 is 2.06 bits per heavy atom. The first-order valence-electron chi connectivity index (χ1n) is 5.02. The third-order valence-electron chi connectivity index (χ3n) is 2.24. The molecule has 2 rings (SSSR count). The first kappa shape index (κ1) is 13.5. The zero-order chi connectivity index (χ0) is 12.6. The number of aliphatic imine (C=N–C) groups is 1. The van der Waals surface area contributed by atoms with Crippen LogP contribution in [0.15, 0.2) is 21.6 Å². The number of nitrogens with zero attached hydrogens (tertiary/aromatic N) is 1. The van der Waals surface area contributed by atoms with Gasteiger partial charge in [-0.25, -0.2) is 0 Å². The van der Waals surface area contributed by atoms with E-state index in [2.05, 4.69) is 40.1 Å². The van der Waals surface area contributed by atoms with Gasteiger partial charge in [0.1, 0.15) is 0 Å². The summed E-state index contributed by atoms with van der Waals surface area (Å²) in [4.78, 5) is 4.56. The first-order valence-corrected chi connectivity index (χ1v) is 7.56. The number of thioether (sulfide) groups is 1. The van der Waals surface area contributed by atoms with Gasteiger partial charge >= 0.3 is 0 Å². The minimum absolute atomic E-state index is 0.0152. The Labute approximate surface area is 123 Å². The molecule has 1 aromatic rings. The molecule has 0 bridgehead atoms. The van der Waals surface area contributed by atoms with Crippen LogP contribution < -0.4 is 5.32 Å². The van der Waals surface area contributed by atoms with E-state index in [4.69, 9.17) is 23.2 Å². The number of rotatable bonds is 1. The number of amidine groups is 1. The van der Waals surface area contributed by atoms with Crippen LogP contribution in [0.5, 0.6) is 0 Å². The molecule has 0 atom stereocenters. The van der Waals surface area contributed by atoms with Crippen molar-refractivity contribution in [2.75, 3.05) is 11.1 Å². The summed E-state index contributed by atoms with van der Waals surface area (Å²) >= 11 is 17.2. The van der Waals surface area contributed by atoms with Gasteiger partial charge < -0.3 is 5.32 Å². The molecule has 0 saturated carbocycles. The van der Waals surface area contributed by atoms with Crippen LogP contribution in [0.3, 0.4) is 0 Å². The topological polar surface area (TPSA) is 24.4 Å². The fraction of sp³-hybridized carbons (Fsp3) is 0.364. The van der Waals surface area contributed by atoms with Crippen LogP contribution in [-0.2, 0) is 0 Å². The van der Waals surface area contributed by atoms with Crippen molar-refractivity contribution in [1.29, 1.82) is 0 Å². The Kier molecular flexibility index (Phi) is 3.98. The van der Waals surface area contributed by atoms with Crippen molar-refractivity contribution in [3.63, 3.8) is 0 Å². The summed E-state index contributed by atoms with van der Waals surface area (Å²) in [6.07, 6.45) is 0. The maximum absolute atomic E-state index is 6.16. The van der Waals surface area contributed by atoms with Crippen molar-refractivity contribution >= 4 is 61.7 Å². The molecule has 0 radical (unpaired) electrons. The number of nitrogens with one attached hydrogen (secondary N) is 1. The van der Waals surface area contributed by atoms with Crippen molar-refractivity contribution < 1.29 is 0 Å². The summed E-state index contributed by atoms with van der Waals surface area (Å²) in [5.74, 6) is 0.969. The van der Waals surface area contributed by atoms with Crippen LogP contribution >= 0.6 is 50.9 Å². The van der Waals surface area contributed by atoms with Gasteiger partial charge in [-0.05, 0) is 41.9 Å². The third-order valence-corrected chi connectivity index (χ3v) is 5.33. The summed E-state index contributed by atoms with van der Waals surface area (Å²) in [5, 5.41) is 5.11. The fourth-order valence-corrected chi connectivity index (χ4v) is 3.26. The van der Waals surface area contributed by atoms with E-state index in [9.17, 15) is 0 Å².